The van der Waals surface area contributed by atoms with Gasteiger partial charge >= 0.3 is 0 Å². The molecule has 5 heteroatoms. The highest BCUT2D eigenvalue weighted by atomic mass is 16.5. The third kappa shape index (κ3) is 3.11. The van der Waals surface area contributed by atoms with Gasteiger partial charge in [-0.05, 0) is 31.2 Å². The van der Waals surface area contributed by atoms with Crippen LogP contribution in [0.25, 0.3) is 0 Å². The van der Waals surface area contributed by atoms with Crippen molar-refractivity contribution in [1.82, 2.24) is 15.1 Å². The maximum Gasteiger partial charge on any atom is 0.123 e. The lowest BCUT2D eigenvalue weighted by molar-refractivity contribution is 0.391. The predicted molar refractivity (Wildman–Crippen MR) is 78.0 cm³/mol. The Morgan fingerprint density at radius 3 is 2.65 bits per heavy atom. The van der Waals surface area contributed by atoms with Crippen LogP contribution >= 0.6 is 0 Å². The Balaban J connectivity index is 2.11. The molecular weight excluding hydrogens is 254 g/mol. The SMILES string of the molecule is COc1ccc(OC)c(C(C)NCc2ccnn2C)c1. The number of rotatable bonds is 6. The van der Waals surface area contributed by atoms with E-state index < -0.39 is 0 Å². The number of benzene rings is 1. The van der Waals surface area contributed by atoms with Crippen molar-refractivity contribution in [2.45, 2.75) is 19.5 Å². The van der Waals surface area contributed by atoms with Crippen LogP contribution in [0.2, 0.25) is 0 Å². The second-order valence-electron chi connectivity index (χ2n) is 4.66. The zero-order chi connectivity index (χ0) is 14.5. The minimum Gasteiger partial charge on any atom is -0.497 e. The first-order valence-electron chi connectivity index (χ1n) is 6.58. The average molecular weight is 275 g/mol. The van der Waals surface area contributed by atoms with Gasteiger partial charge in [0.25, 0.3) is 0 Å². The van der Waals surface area contributed by atoms with Gasteiger partial charge in [0.05, 0.1) is 19.9 Å². The standard InChI is InChI=1S/C15H21N3O2/c1-11(16-10-12-7-8-17-18(12)2)14-9-13(19-3)5-6-15(14)20-4/h5-9,11,16H,10H2,1-4H3. The van der Waals surface area contributed by atoms with Gasteiger partial charge in [0.2, 0.25) is 0 Å². The van der Waals surface area contributed by atoms with Crippen LogP contribution in [0.3, 0.4) is 0 Å². The average Bonchev–Trinajstić information content (AvgIpc) is 2.89. The summed E-state index contributed by atoms with van der Waals surface area (Å²) in [4.78, 5) is 0. The minimum absolute atomic E-state index is 0.148. The lowest BCUT2D eigenvalue weighted by Gasteiger charge is -2.18. The van der Waals surface area contributed by atoms with Gasteiger partial charge in [-0.1, -0.05) is 0 Å². The molecule has 1 heterocycles. The molecular formula is C15H21N3O2. The van der Waals surface area contributed by atoms with Crippen molar-refractivity contribution in [3.63, 3.8) is 0 Å². The fraction of sp³-hybridized carbons (Fsp3) is 0.400. The largest absolute Gasteiger partial charge is 0.497 e. The smallest absolute Gasteiger partial charge is 0.123 e. The summed E-state index contributed by atoms with van der Waals surface area (Å²) in [5.74, 6) is 1.69. The molecule has 1 unspecified atom stereocenters. The predicted octanol–water partition coefficient (Wildman–Crippen LogP) is 2.29. The topological polar surface area (TPSA) is 48.3 Å². The van der Waals surface area contributed by atoms with Crippen LogP contribution in [0.4, 0.5) is 0 Å². The Morgan fingerprint density at radius 1 is 1.25 bits per heavy atom. The van der Waals surface area contributed by atoms with Crippen LogP contribution in [0.1, 0.15) is 24.2 Å². The molecule has 2 aromatic rings. The van der Waals surface area contributed by atoms with Gasteiger partial charge in [-0.2, -0.15) is 5.10 Å². The second kappa shape index (κ2) is 6.43. The molecule has 0 radical (unpaired) electrons. The van der Waals surface area contributed by atoms with Crippen molar-refractivity contribution < 1.29 is 9.47 Å². The van der Waals surface area contributed by atoms with Gasteiger partial charge in [-0.15, -0.1) is 0 Å². The number of nitrogens with one attached hydrogen (secondary N) is 1. The van der Waals surface area contributed by atoms with Crippen LogP contribution in [-0.4, -0.2) is 24.0 Å². The Bertz CT molecular complexity index is 566. The summed E-state index contributed by atoms with van der Waals surface area (Å²) < 4.78 is 12.6. The Hall–Kier alpha value is -2.01. The molecule has 0 saturated heterocycles. The molecule has 1 aromatic heterocycles. The molecule has 0 spiro atoms. The van der Waals surface area contributed by atoms with Gasteiger partial charge in [-0.3, -0.25) is 4.68 Å². The fourth-order valence-corrected chi connectivity index (χ4v) is 2.12. The number of aromatic nitrogens is 2. The first-order chi connectivity index (χ1) is 9.65. The highest BCUT2D eigenvalue weighted by Crippen LogP contribution is 2.29. The molecule has 1 atom stereocenters. The van der Waals surface area contributed by atoms with E-state index in [1.54, 1.807) is 20.4 Å². The first-order valence-corrected chi connectivity index (χ1v) is 6.58. The molecule has 0 aliphatic rings. The Kier molecular flexibility index (Phi) is 4.63. The van der Waals surface area contributed by atoms with Gasteiger partial charge < -0.3 is 14.8 Å². The zero-order valence-corrected chi connectivity index (χ0v) is 12.4. The molecule has 2 rings (SSSR count). The Labute approximate surface area is 119 Å². The zero-order valence-electron chi connectivity index (χ0n) is 12.4. The Morgan fingerprint density at radius 2 is 2.05 bits per heavy atom. The molecule has 0 aliphatic heterocycles. The van der Waals surface area contributed by atoms with E-state index in [0.29, 0.717) is 0 Å². The molecule has 0 fully saturated rings. The van der Waals surface area contributed by atoms with E-state index in [4.69, 9.17) is 9.47 Å². The van der Waals surface area contributed by atoms with E-state index in [1.165, 1.54) is 0 Å². The van der Waals surface area contributed by atoms with Crippen molar-refractivity contribution in [3.8, 4) is 11.5 Å². The van der Waals surface area contributed by atoms with Gasteiger partial charge in [0, 0.05) is 31.4 Å². The molecule has 1 aromatic carbocycles. The fourth-order valence-electron chi connectivity index (χ4n) is 2.12. The summed E-state index contributed by atoms with van der Waals surface area (Å²) in [7, 11) is 5.28. The van der Waals surface area contributed by atoms with Crippen LogP contribution in [0.15, 0.2) is 30.5 Å². The van der Waals surface area contributed by atoms with E-state index in [-0.39, 0.29) is 6.04 Å². The molecule has 0 amide bonds. The van der Waals surface area contributed by atoms with E-state index in [1.807, 2.05) is 36.0 Å². The molecule has 108 valence electrons. The molecule has 0 saturated carbocycles. The molecule has 20 heavy (non-hydrogen) atoms. The second-order valence-corrected chi connectivity index (χ2v) is 4.66. The highest BCUT2D eigenvalue weighted by molar-refractivity contribution is 5.42. The van der Waals surface area contributed by atoms with E-state index in [0.717, 1.165) is 29.3 Å². The lowest BCUT2D eigenvalue weighted by atomic mass is 10.1. The van der Waals surface area contributed by atoms with Crippen molar-refractivity contribution in [3.05, 3.63) is 41.7 Å². The van der Waals surface area contributed by atoms with Gasteiger partial charge in [0.15, 0.2) is 0 Å². The van der Waals surface area contributed by atoms with Gasteiger partial charge in [0.1, 0.15) is 11.5 Å². The monoisotopic (exact) mass is 275 g/mol. The summed E-state index contributed by atoms with van der Waals surface area (Å²) in [5.41, 5.74) is 2.22. The van der Waals surface area contributed by atoms with Crippen LogP contribution in [-0.2, 0) is 13.6 Å². The summed E-state index contributed by atoms with van der Waals surface area (Å²) in [6, 6.07) is 7.98. The summed E-state index contributed by atoms with van der Waals surface area (Å²) in [5, 5.41) is 7.63. The van der Waals surface area contributed by atoms with Crippen LogP contribution in [0.5, 0.6) is 11.5 Å². The lowest BCUT2D eigenvalue weighted by Crippen LogP contribution is -2.20. The van der Waals surface area contributed by atoms with Crippen molar-refractivity contribution in [1.29, 1.82) is 0 Å². The number of aryl methyl sites for hydroxylation is 1. The number of hydrogen-bond donors (Lipinski definition) is 1. The maximum absolute atomic E-state index is 5.41. The number of methoxy groups -OCH3 is 2. The van der Waals surface area contributed by atoms with Crippen molar-refractivity contribution >= 4 is 0 Å². The molecule has 0 bridgehead atoms. The highest BCUT2D eigenvalue weighted by Gasteiger charge is 2.13. The maximum atomic E-state index is 5.41. The third-order valence-electron chi connectivity index (χ3n) is 3.42. The number of ether oxygens (including phenoxy) is 2. The van der Waals surface area contributed by atoms with E-state index >= 15 is 0 Å². The summed E-state index contributed by atoms with van der Waals surface area (Å²) >= 11 is 0. The van der Waals surface area contributed by atoms with E-state index in [2.05, 4.69) is 17.3 Å². The molecule has 1 N–H and O–H groups in total. The summed E-state index contributed by atoms with van der Waals surface area (Å²) in [6.07, 6.45) is 1.80. The van der Waals surface area contributed by atoms with Crippen molar-refractivity contribution in [2.75, 3.05) is 14.2 Å². The normalized spacial score (nSPS) is 12.2. The summed E-state index contributed by atoms with van der Waals surface area (Å²) in [6.45, 7) is 2.85. The van der Waals surface area contributed by atoms with Crippen LogP contribution in [0, 0.1) is 0 Å². The number of nitrogens with zero attached hydrogens (tertiary/aromatic N) is 2. The minimum atomic E-state index is 0.148. The van der Waals surface area contributed by atoms with Crippen molar-refractivity contribution in [2.24, 2.45) is 7.05 Å². The first kappa shape index (κ1) is 14.4. The van der Waals surface area contributed by atoms with Gasteiger partial charge in [-0.25, -0.2) is 0 Å². The number of hydrogen-bond acceptors (Lipinski definition) is 4. The van der Waals surface area contributed by atoms with Crippen LogP contribution < -0.4 is 14.8 Å². The molecule has 0 aliphatic carbocycles. The quantitative estimate of drug-likeness (QED) is 0.878. The third-order valence-corrected chi connectivity index (χ3v) is 3.42. The molecule has 5 nitrogen and oxygen atoms in total. The van der Waals surface area contributed by atoms with E-state index in [9.17, 15) is 0 Å².